The van der Waals surface area contributed by atoms with E-state index in [1.807, 2.05) is 12.1 Å². The minimum Gasteiger partial charge on any atom is -0.504 e. The number of rotatable bonds is 14. The highest BCUT2D eigenvalue weighted by atomic mass is 32.2. The summed E-state index contributed by atoms with van der Waals surface area (Å²) in [6.45, 7) is 6.37. The van der Waals surface area contributed by atoms with Gasteiger partial charge in [-0.1, -0.05) is 31.9 Å². The summed E-state index contributed by atoms with van der Waals surface area (Å²) in [5.41, 5.74) is 3.50. The maximum absolute atomic E-state index is 11.5. The number of aryl methyl sites for hydroxylation is 1. The van der Waals surface area contributed by atoms with E-state index >= 15 is 0 Å². The van der Waals surface area contributed by atoms with Crippen molar-refractivity contribution in [2.24, 2.45) is 0 Å². The molecular weight excluding hydrogens is 460 g/mol. The van der Waals surface area contributed by atoms with E-state index < -0.39 is 9.84 Å². The number of hydrogen-bond donors (Lipinski definition) is 3. The third kappa shape index (κ3) is 8.51. The van der Waals surface area contributed by atoms with E-state index in [-0.39, 0.29) is 11.5 Å². The smallest absolute Gasteiger partial charge is 0.175 e. The molecule has 2 aromatic carbocycles. The van der Waals surface area contributed by atoms with E-state index in [0.29, 0.717) is 10.9 Å². The van der Waals surface area contributed by atoms with Crippen LogP contribution in [-0.4, -0.2) is 62.0 Å². The van der Waals surface area contributed by atoms with E-state index in [4.69, 9.17) is 0 Å². The molecule has 0 bridgehead atoms. The number of unbranched alkanes of at least 4 members (excludes halogenated alkanes) is 3. The van der Waals surface area contributed by atoms with Crippen molar-refractivity contribution in [3.8, 4) is 11.5 Å². The third-order valence-electron chi connectivity index (χ3n) is 7.02. The molecule has 0 amide bonds. The van der Waals surface area contributed by atoms with Crippen LogP contribution in [0.1, 0.15) is 62.1 Å². The van der Waals surface area contributed by atoms with E-state index in [2.05, 4.69) is 17.1 Å². The SMILES string of the molecule is CCCN(CCCCCCNCCc1ccc(S(C)(=O)=O)cc1)[C@@H]1CCc2cc(O)c(O)cc2C1. The molecule has 2 aromatic rings. The Morgan fingerprint density at radius 3 is 2.31 bits per heavy atom. The highest BCUT2D eigenvalue weighted by molar-refractivity contribution is 7.90. The number of benzene rings is 2. The summed E-state index contributed by atoms with van der Waals surface area (Å²) in [6.07, 6.45) is 11.1. The molecule has 7 heteroatoms. The molecule has 35 heavy (non-hydrogen) atoms. The van der Waals surface area contributed by atoms with Gasteiger partial charge in [0.15, 0.2) is 21.3 Å². The highest BCUT2D eigenvalue weighted by Crippen LogP contribution is 2.33. The van der Waals surface area contributed by atoms with Gasteiger partial charge in [0.2, 0.25) is 0 Å². The molecule has 0 aromatic heterocycles. The van der Waals surface area contributed by atoms with Gasteiger partial charge in [0.1, 0.15) is 0 Å². The fourth-order valence-corrected chi connectivity index (χ4v) is 5.65. The number of nitrogens with one attached hydrogen (secondary N) is 1. The maximum atomic E-state index is 11.5. The van der Waals surface area contributed by atoms with E-state index in [9.17, 15) is 18.6 Å². The van der Waals surface area contributed by atoms with Crippen LogP contribution in [0, 0.1) is 0 Å². The second kappa shape index (κ2) is 13.3. The van der Waals surface area contributed by atoms with Crippen molar-refractivity contribution in [1.82, 2.24) is 10.2 Å². The van der Waals surface area contributed by atoms with Gasteiger partial charge in [-0.3, -0.25) is 0 Å². The number of aromatic hydroxyl groups is 2. The van der Waals surface area contributed by atoms with Crippen LogP contribution in [-0.2, 0) is 29.1 Å². The second-order valence-corrected chi connectivity index (χ2v) is 11.9. The summed E-state index contributed by atoms with van der Waals surface area (Å²) in [6, 6.07) is 11.2. The lowest BCUT2D eigenvalue weighted by Crippen LogP contribution is -2.40. The Morgan fingerprint density at radius 1 is 0.943 bits per heavy atom. The second-order valence-electron chi connectivity index (χ2n) is 9.87. The van der Waals surface area contributed by atoms with Crippen molar-refractivity contribution in [2.75, 3.05) is 32.4 Å². The van der Waals surface area contributed by atoms with Gasteiger partial charge < -0.3 is 20.4 Å². The largest absolute Gasteiger partial charge is 0.504 e. The number of sulfone groups is 1. The number of nitrogens with zero attached hydrogens (tertiary/aromatic N) is 1. The number of phenolic OH excluding ortho intramolecular Hbond substituents is 2. The van der Waals surface area contributed by atoms with Gasteiger partial charge in [-0.15, -0.1) is 0 Å². The molecular formula is C28H42N2O4S. The Labute approximate surface area is 211 Å². The molecule has 0 aliphatic heterocycles. The maximum Gasteiger partial charge on any atom is 0.175 e. The van der Waals surface area contributed by atoms with Gasteiger partial charge in [0.25, 0.3) is 0 Å². The molecule has 0 fully saturated rings. The zero-order chi connectivity index (χ0) is 25.3. The van der Waals surface area contributed by atoms with Crippen LogP contribution in [0.15, 0.2) is 41.3 Å². The van der Waals surface area contributed by atoms with E-state index in [1.165, 1.54) is 43.1 Å². The normalized spacial score (nSPS) is 15.9. The van der Waals surface area contributed by atoms with Crippen LogP contribution in [0.2, 0.25) is 0 Å². The lowest BCUT2D eigenvalue weighted by Gasteiger charge is -2.35. The predicted molar refractivity (Wildman–Crippen MR) is 142 cm³/mol. The van der Waals surface area contributed by atoms with Crippen molar-refractivity contribution in [1.29, 1.82) is 0 Å². The number of phenols is 2. The summed E-state index contributed by atoms with van der Waals surface area (Å²) in [7, 11) is -3.13. The van der Waals surface area contributed by atoms with Crippen molar-refractivity contribution in [2.45, 2.75) is 75.6 Å². The third-order valence-corrected chi connectivity index (χ3v) is 8.15. The topological polar surface area (TPSA) is 89.9 Å². The molecule has 1 atom stereocenters. The number of hydrogen-bond acceptors (Lipinski definition) is 6. The van der Waals surface area contributed by atoms with Crippen LogP contribution in [0.3, 0.4) is 0 Å². The standard InChI is InChI=1S/C28H42N2O4S/c1-3-17-30(25-11-10-23-20-27(31)28(32)21-24(23)19-25)18-7-5-4-6-15-29-16-14-22-8-12-26(13-9-22)35(2,33)34/h8-9,12-13,20-21,25,29,31-32H,3-7,10-11,14-19H2,1-2H3/t25-/m1/s1. The number of fused-ring (bicyclic) bond motifs is 1. The molecule has 1 aliphatic carbocycles. The first kappa shape index (κ1) is 27.5. The van der Waals surface area contributed by atoms with Crippen LogP contribution in [0.25, 0.3) is 0 Å². The first-order chi connectivity index (χ1) is 16.8. The van der Waals surface area contributed by atoms with Crippen LogP contribution >= 0.6 is 0 Å². The predicted octanol–water partition coefficient (Wildman–Crippen LogP) is 4.46. The quantitative estimate of drug-likeness (QED) is 0.261. The zero-order valence-electron chi connectivity index (χ0n) is 21.3. The highest BCUT2D eigenvalue weighted by Gasteiger charge is 2.24. The van der Waals surface area contributed by atoms with Crippen molar-refractivity contribution >= 4 is 9.84 Å². The average Bonchev–Trinajstić information content (AvgIpc) is 2.82. The minimum atomic E-state index is -3.13. The molecule has 6 nitrogen and oxygen atoms in total. The molecule has 0 spiro atoms. The Kier molecular flexibility index (Phi) is 10.4. The molecule has 3 rings (SSSR count). The fourth-order valence-electron chi connectivity index (χ4n) is 5.02. The van der Waals surface area contributed by atoms with Crippen molar-refractivity contribution in [3.63, 3.8) is 0 Å². The lowest BCUT2D eigenvalue weighted by atomic mass is 9.87. The molecule has 3 N–H and O–H groups in total. The van der Waals surface area contributed by atoms with Gasteiger partial charge in [0, 0.05) is 12.3 Å². The molecule has 1 aliphatic rings. The Morgan fingerprint density at radius 2 is 1.63 bits per heavy atom. The molecule has 0 unspecified atom stereocenters. The van der Waals surface area contributed by atoms with E-state index in [0.717, 1.165) is 63.8 Å². The van der Waals surface area contributed by atoms with Crippen LogP contribution in [0.5, 0.6) is 11.5 Å². The summed E-state index contributed by atoms with van der Waals surface area (Å²) in [5.74, 6) is -0.0183. The summed E-state index contributed by atoms with van der Waals surface area (Å²) in [5, 5.41) is 23.2. The van der Waals surface area contributed by atoms with Gasteiger partial charge >= 0.3 is 0 Å². The molecule has 0 heterocycles. The summed E-state index contributed by atoms with van der Waals surface area (Å²) >= 11 is 0. The zero-order valence-corrected chi connectivity index (χ0v) is 22.1. The Hall–Kier alpha value is -2.09. The Balaban J connectivity index is 1.29. The summed E-state index contributed by atoms with van der Waals surface area (Å²) in [4.78, 5) is 3.00. The molecule has 0 saturated heterocycles. The fraction of sp³-hybridized carbons (Fsp3) is 0.571. The van der Waals surface area contributed by atoms with Crippen molar-refractivity contribution in [3.05, 3.63) is 53.1 Å². The average molecular weight is 503 g/mol. The van der Waals surface area contributed by atoms with Gasteiger partial charge in [-0.2, -0.15) is 0 Å². The monoisotopic (exact) mass is 502 g/mol. The van der Waals surface area contributed by atoms with Gasteiger partial charge in [-0.05, 0) is 112 Å². The minimum absolute atomic E-state index is 0.00892. The first-order valence-corrected chi connectivity index (χ1v) is 14.9. The molecule has 0 saturated carbocycles. The summed E-state index contributed by atoms with van der Waals surface area (Å²) < 4.78 is 23.1. The lowest BCUT2D eigenvalue weighted by molar-refractivity contribution is 0.176. The molecule has 0 radical (unpaired) electrons. The molecule has 194 valence electrons. The van der Waals surface area contributed by atoms with E-state index in [1.54, 1.807) is 24.3 Å². The van der Waals surface area contributed by atoms with Gasteiger partial charge in [0.05, 0.1) is 4.90 Å². The van der Waals surface area contributed by atoms with Gasteiger partial charge in [-0.25, -0.2) is 8.42 Å². The van der Waals surface area contributed by atoms with Crippen molar-refractivity contribution < 1.29 is 18.6 Å². The Bertz CT molecular complexity index is 1040. The van der Waals surface area contributed by atoms with Crippen LogP contribution < -0.4 is 5.32 Å². The first-order valence-electron chi connectivity index (χ1n) is 13.1. The van der Waals surface area contributed by atoms with Crippen LogP contribution in [0.4, 0.5) is 0 Å².